The third-order valence-electron chi connectivity index (χ3n) is 3.29. The Kier molecular flexibility index (Phi) is 3.96. The molecule has 2 heterocycles. The molecule has 3 rings (SSSR count). The molecule has 0 aliphatic carbocycles. The fourth-order valence-electron chi connectivity index (χ4n) is 2.10. The number of pyridine rings is 1. The first-order valence-electron chi connectivity index (χ1n) is 7.03. The third-order valence-corrected chi connectivity index (χ3v) is 3.29. The van der Waals surface area contributed by atoms with Gasteiger partial charge in [-0.2, -0.15) is 0 Å². The second-order valence-electron chi connectivity index (χ2n) is 4.76. The fourth-order valence-corrected chi connectivity index (χ4v) is 2.10. The van der Waals surface area contributed by atoms with E-state index in [1.54, 1.807) is 41.2 Å². The summed E-state index contributed by atoms with van der Waals surface area (Å²) >= 11 is 0. The molecule has 2 N–H and O–H groups in total. The van der Waals surface area contributed by atoms with E-state index in [0.29, 0.717) is 23.2 Å². The predicted molar refractivity (Wildman–Crippen MR) is 82.4 cm³/mol. The van der Waals surface area contributed by atoms with Gasteiger partial charge in [-0.25, -0.2) is 4.68 Å². The highest BCUT2D eigenvalue weighted by Gasteiger charge is 2.11. The Labute approximate surface area is 131 Å². The van der Waals surface area contributed by atoms with E-state index in [1.807, 2.05) is 6.92 Å². The van der Waals surface area contributed by atoms with Crippen LogP contribution in [-0.2, 0) is 6.54 Å². The van der Waals surface area contributed by atoms with Crippen LogP contribution in [-0.4, -0.2) is 31.8 Å². The molecule has 0 aliphatic rings. The minimum Gasteiger partial charge on any atom is -0.267 e. The number of aromatic nitrogens is 4. The topological polar surface area (TPSA) is 102 Å². The Hall–Kier alpha value is -3.29. The van der Waals surface area contributed by atoms with Gasteiger partial charge in [0.15, 0.2) is 0 Å². The van der Waals surface area contributed by atoms with E-state index in [-0.39, 0.29) is 0 Å². The number of carbonyl (C=O) groups is 2. The molecule has 2 aromatic heterocycles. The monoisotopic (exact) mass is 310 g/mol. The summed E-state index contributed by atoms with van der Waals surface area (Å²) in [4.78, 5) is 27.8. The summed E-state index contributed by atoms with van der Waals surface area (Å²) in [7, 11) is 0. The largest absolute Gasteiger partial charge is 0.271 e. The maximum absolute atomic E-state index is 12.1. The summed E-state index contributed by atoms with van der Waals surface area (Å²) in [5, 5.41) is 8.00. The minimum absolute atomic E-state index is 0.356. The van der Waals surface area contributed by atoms with E-state index < -0.39 is 11.8 Å². The van der Waals surface area contributed by atoms with Crippen LogP contribution in [0.15, 0.2) is 42.7 Å². The lowest BCUT2D eigenvalue weighted by Crippen LogP contribution is -2.41. The van der Waals surface area contributed by atoms with Gasteiger partial charge in [0.05, 0.1) is 11.1 Å². The summed E-state index contributed by atoms with van der Waals surface area (Å²) in [5.41, 5.74) is 6.91. The number of nitrogens with zero attached hydrogens (tertiary/aromatic N) is 4. The molecule has 8 heteroatoms. The molecule has 0 atom stereocenters. The lowest BCUT2D eigenvalue weighted by Gasteiger charge is -2.07. The van der Waals surface area contributed by atoms with Crippen LogP contribution in [0, 0.1) is 0 Å². The molecule has 23 heavy (non-hydrogen) atoms. The van der Waals surface area contributed by atoms with E-state index in [0.717, 1.165) is 5.52 Å². The number of hydrazine groups is 1. The van der Waals surface area contributed by atoms with Crippen LogP contribution in [0.2, 0.25) is 0 Å². The van der Waals surface area contributed by atoms with Crippen LogP contribution in [0.3, 0.4) is 0 Å². The number of nitrogens with one attached hydrogen (secondary N) is 2. The van der Waals surface area contributed by atoms with Crippen molar-refractivity contribution in [1.82, 2.24) is 30.8 Å². The van der Waals surface area contributed by atoms with Gasteiger partial charge < -0.3 is 0 Å². The van der Waals surface area contributed by atoms with Crippen LogP contribution in [0.5, 0.6) is 0 Å². The van der Waals surface area contributed by atoms with Crippen molar-refractivity contribution >= 4 is 22.8 Å². The number of aryl methyl sites for hydroxylation is 1. The quantitative estimate of drug-likeness (QED) is 0.700. The third kappa shape index (κ3) is 3.00. The first kappa shape index (κ1) is 14.6. The standard InChI is InChI=1S/C15H14N6O2/c1-2-21-13-6-5-10(8-12(13)17-20-21)14(22)18-19-15(23)11-4-3-7-16-9-11/h3-9H,2H2,1H3,(H,18,22)(H,19,23). The van der Waals surface area contributed by atoms with Gasteiger partial charge >= 0.3 is 0 Å². The molecule has 0 aliphatic heterocycles. The minimum atomic E-state index is -0.440. The maximum atomic E-state index is 12.1. The van der Waals surface area contributed by atoms with E-state index in [2.05, 4.69) is 26.1 Å². The maximum Gasteiger partial charge on any atom is 0.271 e. The molecule has 0 fully saturated rings. The number of hydrogen-bond acceptors (Lipinski definition) is 5. The normalized spacial score (nSPS) is 10.5. The van der Waals surface area contributed by atoms with Gasteiger partial charge in [-0.3, -0.25) is 25.4 Å². The number of hydrogen-bond donors (Lipinski definition) is 2. The Balaban J connectivity index is 1.70. The van der Waals surface area contributed by atoms with Crippen molar-refractivity contribution in [3.05, 3.63) is 53.9 Å². The zero-order valence-electron chi connectivity index (χ0n) is 12.4. The molecule has 0 saturated carbocycles. The van der Waals surface area contributed by atoms with Crippen molar-refractivity contribution in [2.75, 3.05) is 0 Å². The first-order chi connectivity index (χ1) is 11.2. The van der Waals surface area contributed by atoms with Crippen LogP contribution in [0.4, 0.5) is 0 Å². The van der Waals surface area contributed by atoms with E-state index in [4.69, 9.17) is 0 Å². The Bertz CT molecular complexity index is 859. The van der Waals surface area contributed by atoms with Gasteiger partial charge in [-0.1, -0.05) is 5.21 Å². The molecule has 0 unspecified atom stereocenters. The van der Waals surface area contributed by atoms with Gasteiger partial charge in [0.25, 0.3) is 11.8 Å². The number of rotatable bonds is 3. The number of benzene rings is 1. The fraction of sp³-hybridized carbons (Fsp3) is 0.133. The summed E-state index contributed by atoms with van der Waals surface area (Å²) in [6.07, 6.45) is 2.98. The molecule has 116 valence electrons. The first-order valence-corrected chi connectivity index (χ1v) is 7.03. The molecule has 0 spiro atoms. The van der Waals surface area contributed by atoms with Crippen molar-refractivity contribution < 1.29 is 9.59 Å². The SMILES string of the molecule is CCn1nnc2cc(C(=O)NNC(=O)c3cccnc3)ccc21. The summed E-state index contributed by atoms with van der Waals surface area (Å²) in [6, 6.07) is 8.30. The highest BCUT2D eigenvalue weighted by atomic mass is 16.2. The molecule has 3 aromatic rings. The Morgan fingerprint density at radius 3 is 2.61 bits per heavy atom. The van der Waals surface area contributed by atoms with Crippen LogP contribution in [0.1, 0.15) is 27.6 Å². The molecular formula is C15H14N6O2. The lowest BCUT2D eigenvalue weighted by atomic mass is 10.2. The van der Waals surface area contributed by atoms with E-state index >= 15 is 0 Å². The number of amides is 2. The van der Waals surface area contributed by atoms with Crippen LogP contribution in [0.25, 0.3) is 11.0 Å². The zero-order chi connectivity index (χ0) is 16.2. The van der Waals surface area contributed by atoms with Crippen molar-refractivity contribution in [3.8, 4) is 0 Å². The van der Waals surface area contributed by atoms with Crippen molar-refractivity contribution in [1.29, 1.82) is 0 Å². The second kappa shape index (κ2) is 6.22. The number of carbonyl (C=O) groups excluding carboxylic acids is 2. The molecule has 0 radical (unpaired) electrons. The highest BCUT2D eigenvalue weighted by molar-refractivity contribution is 6.00. The average molecular weight is 310 g/mol. The van der Waals surface area contributed by atoms with Crippen LogP contribution >= 0.6 is 0 Å². The van der Waals surface area contributed by atoms with Gasteiger partial charge in [0.1, 0.15) is 5.52 Å². The Morgan fingerprint density at radius 2 is 1.91 bits per heavy atom. The predicted octanol–water partition coefficient (Wildman–Crippen LogP) is 0.921. The van der Waals surface area contributed by atoms with Gasteiger partial charge in [-0.15, -0.1) is 5.10 Å². The van der Waals surface area contributed by atoms with E-state index in [1.165, 1.54) is 6.20 Å². The van der Waals surface area contributed by atoms with Crippen molar-refractivity contribution in [2.24, 2.45) is 0 Å². The summed E-state index contributed by atoms with van der Waals surface area (Å²) < 4.78 is 1.74. The second-order valence-corrected chi connectivity index (χ2v) is 4.76. The number of fused-ring (bicyclic) bond motifs is 1. The molecule has 2 amide bonds. The van der Waals surface area contributed by atoms with Crippen molar-refractivity contribution in [3.63, 3.8) is 0 Å². The molecule has 1 aromatic carbocycles. The summed E-state index contributed by atoms with van der Waals surface area (Å²) in [5.74, 6) is -0.875. The molecular weight excluding hydrogens is 296 g/mol. The smallest absolute Gasteiger partial charge is 0.267 e. The molecule has 8 nitrogen and oxygen atoms in total. The van der Waals surface area contributed by atoms with Gasteiger partial charge in [-0.05, 0) is 37.3 Å². The van der Waals surface area contributed by atoms with Gasteiger partial charge in [0, 0.05) is 24.5 Å². The summed E-state index contributed by atoms with van der Waals surface area (Å²) in [6.45, 7) is 2.66. The van der Waals surface area contributed by atoms with E-state index in [9.17, 15) is 9.59 Å². The zero-order valence-corrected chi connectivity index (χ0v) is 12.4. The van der Waals surface area contributed by atoms with Crippen molar-refractivity contribution in [2.45, 2.75) is 13.5 Å². The van der Waals surface area contributed by atoms with Crippen LogP contribution < -0.4 is 10.9 Å². The highest BCUT2D eigenvalue weighted by Crippen LogP contribution is 2.13. The average Bonchev–Trinajstić information content (AvgIpc) is 3.02. The lowest BCUT2D eigenvalue weighted by molar-refractivity contribution is 0.0846. The van der Waals surface area contributed by atoms with Gasteiger partial charge in [0.2, 0.25) is 0 Å². The Morgan fingerprint density at radius 1 is 1.13 bits per heavy atom. The molecule has 0 bridgehead atoms. The molecule has 0 saturated heterocycles.